The van der Waals surface area contributed by atoms with Crippen molar-refractivity contribution >= 4 is 23.4 Å². The molecule has 1 aromatic heterocycles. The van der Waals surface area contributed by atoms with Gasteiger partial charge in [-0.3, -0.25) is 0 Å². The molecule has 0 amide bonds. The zero-order valence-electron chi connectivity index (χ0n) is 9.34. The first-order valence-electron chi connectivity index (χ1n) is 5.27. The van der Waals surface area contributed by atoms with E-state index in [0.29, 0.717) is 5.03 Å². The van der Waals surface area contributed by atoms with E-state index in [1.165, 1.54) is 18.0 Å². The summed E-state index contributed by atoms with van der Waals surface area (Å²) in [7, 11) is 0. The van der Waals surface area contributed by atoms with Crippen molar-refractivity contribution < 1.29 is 4.73 Å². The first-order chi connectivity index (χ1) is 8.16. The highest BCUT2D eigenvalue weighted by Crippen LogP contribution is 2.33. The SMILES string of the molecule is CC(Sc1cccc[n+]1[O-])c1ccc(Cl)cc1. The van der Waals surface area contributed by atoms with Crippen molar-refractivity contribution in [1.82, 2.24) is 0 Å². The molecule has 1 atom stereocenters. The lowest BCUT2D eigenvalue weighted by Crippen LogP contribution is -2.27. The number of aromatic nitrogens is 1. The van der Waals surface area contributed by atoms with Crippen LogP contribution in [0.15, 0.2) is 53.7 Å². The van der Waals surface area contributed by atoms with E-state index in [1.807, 2.05) is 36.4 Å². The molecule has 0 aliphatic carbocycles. The molecule has 0 bridgehead atoms. The molecular formula is C13H12ClNOS. The highest BCUT2D eigenvalue weighted by Gasteiger charge is 2.12. The molecule has 0 N–H and O–H groups in total. The summed E-state index contributed by atoms with van der Waals surface area (Å²) in [6, 6.07) is 13.1. The highest BCUT2D eigenvalue weighted by atomic mass is 35.5. The second kappa shape index (κ2) is 5.43. The van der Waals surface area contributed by atoms with E-state index >= 15 is 0 Å². The van der Waals surface area contributed by atoms with Crippen molar-refractivity contribution in [3.63, 3.8) is 0 Å². The van der Waals surface area contributed by atoms with E-state index in [9.17, 15) is 5.21 Å². The maximum Gasteiger partial charge on any atom is 0.251 e. The summed E-state index contributed by atoms with van der Waals surface area (Å²) in [5.74, 6) is 0. The van der Waals surface area contributed by atoms with E-state index in [4.69, 9.17) is 11.6 Å². The number of rotatable bonds is 3. The van der Waals surface area contributed by atoms with Gasteiger partial charge in [0.2, 0.25) is 0 Å². The molecule has 2 nitrogen and oxygen atoms in total. The van der Waals surface area contributed by atoms with Crippen LogP contribution in [0.4, 0.5) is 0 Å². The van der Waals surface area contributed by atoms with Crippen LogP contribution in [0.25, 0.3) is 0 Å². The third kappa shape index (κ3) is 3.14. The van der Waals surface area contributed by atoms with Gasteiger partial charge in [-0.1, -0.05) is 23.7 Å². The van der Waals surface area contributed by atoms with Crippen molar-refractivity contribution in [2.75, 3.05) is 0 Å². The molecule has 0 saturated heterocycles. The lowest BCUT2D eigenvalue weighted by atomic mass is 10.2. The molecule has 2 aromatic rings. The Morgan fingerprint density at radius 1 is 1.18 bits per heavy atom. The minimum Gasteiger partial charge on any atom is -0.618 e. The smallest absolute Gasteiger partial charge is 0.251 e. The van der Waals surface area contributed by atoms with Crippen LogP contribution in [-0.4, -0.2) is 0 Å². The molecule has 0 saturated carbocycles. The Balaban J connectivity index is 2.14. The standard InChI is InChI=1S/C13H12ClNOS/c1-10(11-5-7-12(14)8-6-11)17-13-4-2-3-9-15(13)16/h2-10H,1H3. The van der Waals surface area contributed by atoms with Gasteiger partial charge in [-0.15, -0.1) is 0 Å². The lowest BCUT2D eigenvalue weighted by Gasteiger charge is -2.11. The second-order valence-electron chi connectivity index (χ2n) is 3.68. The zero-order valence-corrected chi connectivity index (χ0v) is 10.9. The van der Waals surface area contributed by atoms with Crippen LogP contribution in [-0.2, 0) is 0 Å². The van der Waals surface area contributed by atoms with Gasteiger partial charge in [0.05, 0.1) is 0 Å². The van der Waals surface area contributed by atoms with Crippen molar-refractivity contribution in [2.24, 2.45) is 0 Å². The number of benzene rings is 1. The lowest BCUT2D eigenvalue weighted by molar-refractivity contribution is -0.645. The molecule has 0 fully saturated rings. The summed E-state index contributed by atoms with van der Waals surface area (Å²) in [5, 5.41) is 13.2. The van der Waals surface area contributed by atoms with Gasteiger partial charge in [0.25, 0.3) is 5.03 Å². The molecule has 0 aliphatic heterocycles. The third-order valence-electron chi connectivity index (χ3n) is 2.43. The molecule has 0 radical (unpaired) electrons. The van der Waals surface area contributed by atoms with Crippen molar-refractivity contribution in [1.29, 1.82) is 0 Å². The van der Waals surface area contributed by atoms with Gasteiger partial charge in [0, 0.05) is 22.4 Å². The van der Waals surface area contributed by atoms with Crippen LogP contribution in [0.3, 0.4) is 0 Å². The number of nitrogens with zero attached hydrogens (tertiary/aromatic N) is 1. The Morgan fingerprint density at radius 3 is 2.53 bits per heavy atom. The van der Waals surface area contributed by atoms with E-state index in [-0.39, 0.29) is 5.25 Å². The summed E-state index contributed by atoms with van der Waals surface area (Å²) < 4.78 is 0.886. The van der Waals surface area contributed by atoms with Crippen molar-refractivity contribution in [2.45, 2.75) is 17.2 Å². The molecule has 88 valence electrons. The minimum atomic E-state index is 0.217. The van der Waals surface area contributed by atoms with E-state index in [0.717, 1.165) is 15.3 Å². The monoisotopic (exact) mass is 265 g/mol. The first kappa shape index (κ1) is 12.3. The Labute approximate surface area is 110 Å². The van der Waals surface area contributed by atoms with E-state index in [1.54, 1.807) is 6.07 Å². The number of halogens is 1. The summed E-state index contributed by atoms with van der Waals surface area (Å²) in [5.41, 5.74) is 1.16. The van der Waals surface area contributed by atoms with Crippen LogP contribution < -0.4 is 4.73 Å². The molecule has 1 aromatic carbocycles. The van der Waals surface area contributed by atoms with Gasteiger partial charge in [0.15, 0.2) is 6.20 Å². The van der Waals surface area contributed by atoms with Gasteiger partial charge in [0.1, 0.15) is 0 Å². The molecule has 1 heterocycles. The topological polar surface area (TPSA) is 26.9 Å². The number of hydrogen-bond donors (Lipinski definition) is 0. The average molecular weight is 266 g/mol. The Hall–Kier alpha value is -1.19. The molecule has 2 rings (SSSR count). The first-order valence-corrected chi connectivity index (χ1v) is 6.53. The molecule has 0 aliphatic rings. The molecular weight excluding hydrogens is 254 g/mol. The van der Waals surface area contributed by atoms with Crippen LogP contribution in [0.5, 0.6) is 0 Å². The van der Waals surface area contributed by atoms with Gasteiger partial charge in [-0.2, -0.15) is 4.73 Å². The minimum absolute atomic E-state index is 0.217. The normalized spacial score (nSPS) is 12.4. The summed E-state index contributed by atoms with van der Waals surface area (Å²) >= 11 is 7.38. The van der Waals surface area contributed by atoms with E-state index in [2.05, 4.69) is 6.92 Å². The fraction of sp³-hybridized carbons (Fsp3) is 0.154. The van der Waals surface area contributed by atoms with Gasteiger partial charge in [-0.25, -0.2) is 0 Å². The van der Waals surface area contributed by atoms with Crippen molar-refractivity contribution in [3.8, 4) is 0 Å². The predicted molar refractivity (Wildman–Crippen MR) is 71.1 cm³/mol. The van der Waals surface area contributed by atoms with Crippen molar-refractivity contribution in [3.05, 3.63) is 64.5 Å². The molecule has 4 heteroatoms. The number of thioether (sulfide) groups is 1. The number of pyridine rings is 1. The largest absolute Gasteiger partial charge is 0.618 e. The Kier molecular flexibility index (Phi) is 3.92. The average Bonchev–Trinajstić information content (AvgIpc) is 2.33. The molecule has 17 heavy (non-hydrogen) atoms. The highest BCUT2D eigenvalue weighted by molar-refractivity contribution is 7.99. The van der Waals surface area contributed by atoms with E-state index < -0.39 is 0 Å². The van der Waals surface area contributed by atoms with Gasteiger partial charge >= 0.3 is 0 Å². The summed E-state index contributed by atoms with van der Waals surface area (Å²) in [6.45, 7) is 2.07. The van der Waals surface area contributed by atoms with Crippen LogP contribution in [0.1, 0.15) is 17.7 Å². The van der Waals surface area contributed by atoms with Crippen LogP contribution >= 0.6 is 23.4 Å². The third-order valence-corrected chi connectivity index (χ3v) is 3.86. The van der Waals surface area contributed by atoms with Gasteiger partial charge < -0.3 is 5.21 Å². The Bertz CT molecular complexity index is 501. The Morgan fingerprint density at radius 2 is 1.88 bits per heavy atom. The van der Waals surface area contributed by atoms with Gasteiger partial charge in [-0.05, 0) is 42.4 Å². The fourth-order valence-corrected chi connectivity index (χ4v) is 2.59. The predicted octanol–water partition coefficient (Wildman–Crippen LogP) is 3.83. The fourth-order valence-electron chi connectivity index (χ4n) is 1.49. The van der Waals surface area contributed by atoms with Crippen LogP contribution in [0, 0.1) is 5.21 Å². The quantitative estimate of drug-likeness (QED) is 0.479. The number of hydrogen-bond acceptors (Lipinski definition) is 2. The zero-order chi connectivity index (χ0) is 12.3. The maximum absolute atomic E-state index is 11.5. The second-order valence-corrected chi connectivity index (χ2v) is 5.47. The molecule has 0 spiro atoms. The summed E-state index contributed by atoms with van der Waals surface area (Å²) in [4.78, 5) is 0. The summed E-state index contributed by atoms with van der Waals surface area (Å²) in [6.07, 6.45) is 1.51. The molecule has 1 unspecified atom stereocenters. The maximum atomic E-state index is 11.5. The van der Waals surface area contributed by atoms with Crippen LogP contribution in [0.2, 0.25) is 5.02 Å².